The normalized spacial score (nSPS) is 10.8. The molecule has 0 unspecified atom stereocenters. The van der Waals surface area contributed by atoms with Crippen LogP contribution < -0.4 is 4.72 Å². The average molecular weight is 203 g/mol. The van der Waals surface area contributed by atoms with E-state index in [0.717, 1.165) is 32.2 Å². The maximum Gasteiger partial charge on any atom is 0.135 e. The molecular formula is C10H21NOS. The van der Waals surface area contributed by atoms with Gasteiger partial charge in [-0.15, -0.1) is 0 Å². The smallest absolute Gasteiger partial charge is 0.135 e. The Morgan fingerprint density at radius 2 is 1.85 bits per heavy atom. The SMILES string of the molecule is CC(C)C(=O)CCCCCCNS. The predicted octanol–water partition coefficient (Wildman–Crippen LogP) is 2.60. The lowest BCUT2D eigenvalue weighted by molar-refractivity contribution is -0.122. The fraction of sp³-hybridized carbons (Fsp3) is 0.900. The fourth-order valence-corrected chi connectivity index (χ4v) is 1.30. The lowest BCUT2D eigenvalue weighted by Crippen LogP contribution is -2.06. The Labute approximate surface area is 87.0 Å². The Morgan fingerprint density at radius 1 is 1.23 bits per heavy atom. The molecule has 0 fully saturated rings. The van der Waals surface area contributed by atoms with Crippen molar-refractivity contribution in [3.63, 3.8) is 0 Å². The van der Waals surface area contributed by atoms with Crippen LogP contribution in [-0.4, -0.2) is 12.3 Å². The van der Waals surface area contributed by atoms with Crippen molar-refractivity contribution >= 4 is 18.6 Å². The molecule has 0 aromatic rings. The third-order valence-corrected chi connectivity index (χ3v) is 2.33. The van der Waals surface area contributed by atoms with Crippen LogP contribution in [0.3, 0.4) is 0 Å². The fourth-order valence-electron chi connectivity index (χ4n) is 1.15. The zero-order valence-electron chi connectivity index (χ0n) is 8.68. The molecule has 2 nitrogen and oxygen atoms in total. The summed E-state index contributed by atoms with van der Waals surface area (Å²) in [5.74, 6) is 0.603. The second-order valence-corrected chi connectivity index (χ2v) is 4.01. The summed E-state index contributed by atoms with van der Waals surface area (Å²) in [5.41, 5.74) is 0. The largest absolute Gasteiger partial charge is 0.299 e. The Morgan fingerprint density at radius 3 is 2.38 bits per heavy atom. The van der Waals surface area contributed by atoms with E-state index in [1.807, 2.05) is 13.8 Å². The van der Waals surface area contributed by atoms with Gasteiger partial charge in [-0.2, -0.15) is 0 Å². The van der Waals surface area contributed by atoms with Gasteiger partial charge in [0.15, 0.2) is 0 Å². The molecule has 0 heterocycles. The number of rotatable bonds is 8. The summed E-state index contributed by atoms with van der Waals surface area (Å²) >= 11 is 3.90. The minimum absolute atomic E-state index is 0.208. The first kappa shape index (κ1) is 13.0. The highest BCUT2D eigenvalue weighted by Crippen LogP contribution is 2.07. The molecule has 0 amide bonds. The summed E-state index contributed by atoms with van der Waals surface area (Å²) in [5, 5.41) is 0. The first-order chi connectivity index (χ1) is 6.18. The number of hydrogen-bond donors (Lipinski definition) is 2. The van der Waals surface area contributed by atoms with Crippen LogP contribution in [0.5, 0.6) is 0 Å². The monoisotopic (exact) mass is 203 g/mol. The van der Waals surface area contributed by atoms with E-state index in [-0.39, 0.29) is 5.92 Å². The molecule has 0 aromatic heterocycles. The third kappa shape index (κ3) is 8.31. The van der Waals surface area contributed by atoms with Crippen LogP contribution in [0, 0.1) is 5.92 Å². The maximum absolute atomic E-state index is 11.2. The Bertz CT molecular complexity index is 137. The van der Waals surface area contributed by atoms with Crippen LogP contribution in [0.15, 0.2) is 0 Å². The highest BCUT2D eigenvalue weighted by molar-refractivity contribution is 7.78. The number of hydrogen-bond acceptors (Lipinski definition) is 3. The quantitative estimate of drug-likeness (QED) is 0.469. The van der Waals surface area contributed by atoms with E-state index in [0.29, 0.717) is 5.78 Å². The molecule has 0 saturated heterocycles. The van der Waals surface area contributed by atoms with Crippen molar-refractivity contribution in [3.8, 4) is 0 Å². The number of thiol groups is 1. The molecule has 0 radical (unpaired) electrons. The van der Waals surface area contributed by atoms with Crippen LogP contribution in [0.2, 0.25) is 0 Å². The molecule has 0 saturated carbocycles. The van der Waals surface area contributed by atoms with Gasteiger partial charge in [0.25, 0.3) is 0 Å². The summed E-state index contributed by atoms with van der Waals surface area (Å²) in [6.45, 7) is 4.89. The van der Waals surface area contributed by atoms with Crippen molar-refractivity contribution in [3.05, 3.63) is 0 Å². The minimum Gasteiger partial charge on any atom is -0.299 e. The van der Waals surface area contributed by atoms with Crippen molar-refractivity contribution in [2.45, 2.75) is 46.0 Å². The average Bonchev–Trinajstić information content (AvgIpc) is 2.10. The topological polar surface area (TPSA) is 29.1 Å². The van der Waals surface area contributed by atoms with E-state index in [1.165, 1.54) is 6.42 Å². The molecule has 0 aromatic carbocycles. The van der Waals surface area contributed by atoms with Crippen molar-refractivity contribution < 1.29 is 4.79 Å². The highest BCUT2D eigenvalue weighted by Gasteiger charge is 2.05. The van der Waals surface area contributed by atoms with Gasteiger partial charge in [0.05, 0.1) is 0 Å². The van der Waals surface area contributed by atoms with E-state index in [2.05, 4.69) is 17.5 Å². The summed E-state index contributed by atoms with van der Waals surface area (Å²) in [6, 6.07) is 0. The molecule has 0 spiro atoms. The summed E-state index contributed by atoms with van der Waals surface area (Å²) < 4.78 is 2.81. The van der Waals surface area contributed by atoms with E-state index in [4.69, 9.17) is 0 Å². The zero-order chi connectivity index (χ0) is 10.1. The highest BCUT2D eigenvalue weighted by atomic mass is 32.1. The second-order valence-electron chi connectivity index (χ2n) is 3.69. The molecule has 1 N–H and O–H groups in total. The number of carbonyl (C=O) groups excluding carboxylic acids is 1. The van der Waals surface area contributed by atoms with Crippen molar-refractivity contribution in [1.82, 2.24) is 4.72 Å². The van der Waals surface area contributed by atoms with Gasteiger partial charge in [0.2, 0.25) is 0 Å². The molecule has 3 heteroatoms. The van der Waals surface area contributed by atoms with E-state index in [1.54, 1.807) is 0 Å². The van der Waals surface area contributed by atoms with Crippen molar-refractivity contribution in [1.29, 1.82) is 0 Å². The lowest BCUT2D eigenvalue weighted by atomic mass is 10.0. The van der Waals surface area contributed by atoms with Crippen LogP contribution in [0.1, 0.15) is 46.0 Å². The van der Waals surface area contributed by atoms with Gasteiger partial charge in [-0.1, -0.05) is 39.5 Å². The van der Waals surface area contributed by atoms with Crippen LogP contribution in [0.25, 0.3) is 0 Å². The number of unbranched alkanes of at least 4 members (excludes halogenated alkanes) is 3. The molecule has 0 aliphatic rings. The van der Waals surface area contributed by atoms with Gasteiger partial charge in [0, 0.05) is 18.9 Å². The summed E-state index contributed by atoms with van der Waals surface area (Å²) in [6.07, 6.45) is 5.31. The van der Waals surface area contributed by atoms with Gasteiger partial charge in [-0.05, 0) is 12.8 Å². The Kier molecular flexibility index (Phi) is 8.56. The minimum atomic E-state index is 0.208. The third-order valence-electron chi connectivity index (χ3n) is 2.11. The van der Waals surface area contributed by atoms with Gasteiger partial charge in [-0.25, -0.2) is 0 Å². The first-order valence-corrected chi connectivity index (χ1v) is 5.53. The molecule has 0 bridgehead atoms. The van der Waals surface area contributed by atoms with E-state index >= 15 is 0 Å². The van der Waals surface area contributed by atoms with Crippen LogP contribution in [0.4, 0.5) is 0 Å². The Balaban J connectivity index is 3.12. The number of ketones is 1. The maximum atomic E-state index is 11.2. The molecule has 0 aliphatic carbocycles. The van der Waals surface area contributed by atoms with Gasteiger partial charge in [0.1, 0.15) is 5.78 Å². The first-order valence-electron chi connectivity index (χ1n) is 5.08. The van der Waals surface area contributed by atoms with Gasteiger partial charge in [-0.3, -0.25) is 9.52 Å². The molecule has 0 rings (SSSR count). The molecule has 78 valence electrons. The van der Waals surface area contributed by atoms with E-state index < -0.39 is 0 Å². The molecule has 0 atom stereocenters. The lowest BCUT2D eigenvalue weighted by Gasteiger charge is -2.03. The zero-order valence-corrected chi connectivity index (χ0v) is 9.57. The predicted molar refractivity (Wildman–Crippen MR) is 59.9 cm³/mol. The Hall–Kier alpha value is -0.0200. The molecule has 0 aliphatic heterocycles. The van der Waals surface area contributed by atoms with Crippen LogP contribution in [-0.2, 0) is 4.79 Å². The number of nitrogens with one attached hydrogen (secondary N) is 1. The number of carbonyl (C=O) groups is 1. The molecule has 13 heavy (non-hydrogen) atoms. The van der Waals surface area contributed by atoms with Crippen molar-refractivity contribution in [2.75, 3.05) is 6.54 Å². The number of Topliss-reactive ketones (excluding diaryl/α,β-unsaturated/α-hetero) is 1. The van der Waals surface area contributed by atoms with Crippen molar-refractivity contribution in [2.24, 2.45) is 5.92 Å². The second kappa shape index (κ2) is 8.57. The van der Waals surface area contributed by atoms with Gasteiger partial charge >= 0.3 is 0 Å². The van der Waals surface area contributed by atoms with Gasteiger partial charge < -0.3 is 0 Å². The summed E-state index contributed by atoms with van der Waals surface area (Å²) in [4.78, 5) is 11.2. The summed E-state index contributed by atoms with van der Waals surface area (Å²) in [7, 11) is 0. The van der Waals surface area contributed by atoms with Crippen LogP contribution >= 0.6 is 12.8 Å². The standard InChI is InChI=1S/C10H21NOS/c1-9(2)10(12)7-5-3-4-6-8-11-13/h9,11,13H,3-8H2,1-2H3. The van der Waals surface area contributed by atoms with E-state index in [9.17, 15) is 4.79 Å². The molecular weight excluding hydrogens is 182 g/mol.